The van der Waals surface area contributed by atoms with Gasteiger partial charge in [0.25, 0.3) is 0 Å². The van der Waals surface area contributed by atoms with Gasteiger partial charge < -0.3 is 5.32 Å². The Labute approximate surface area is 103 Å². The Kier molecular flexibility index (Phi) is 3.88. The fourth-order valence-electron chi connectivity index (χ4n) is 2.56. The summed E-state index contributed by atoms with van der Waals surface area (Å²) in [6.45, 7) is 4.57. The SMILES string of the molecule is CC1CCC(NC(C)c2ccc(Cl)cc2)C1. The Morgan fingerprint density at radius 3 is 2.50 bits per heavy atom. The van der Waals surface area contributed by atoms with E-state index in [1.807, 2.05) is 12.1 Å². The third-order valence-electron chi connectivity index (χ3n) is 3.55. The predicted octanol–water partition coefficient (Wildman–Crippen LogP) is 4.18. The van der Waals surface area contributed by atoms with Crippen LogP contribution in [0.4, 0.5) is 0 Å². The van der Waals surface area contributed by atoms with Gasteiger partial charge in [-0.15, -0.1) is 0 Å². The highest BCUT2D eigenvalue weighted by Gasteiger charge is 2.22. The first kappa shape index (κ1) is 11.9. The van der Waals surface area contributed by atoms with Gasteiger partial charge in [0.05, 0.1) is 0 Å². The molecular formula is C14H20ClN. The summed E-state index contributed by atoms with van der Waals surface area (Å²) >= 11 is 5.89. The molecule has 3 unspecified atom stereocenters. The van der Waals surface area contributed by atoms with Crippen molar-refractivity contribution in [2.45, 2.75) is 45.2 Å². The van der Waals surface area contributed by atoms with Crippen LogP contribution in [-0.4, -0.2) is 6.04 Å². The topological polar surface area (TPSA) is 12.0 Å². The van der Waals surface area contributed by atoms with Crippen molar-refractivity contribution >= 4 is 11.6 Å². The number of hydrogen-bond acceptors (Lipinski definition) is 1. The van der Waals surface area contributed by atoms with E-state index < -0.39 is 0 Å². The fourth-order valence-corrected chi connectivity index (χ4v) is 2.69. The normalized spacial score (nSPS) is 26.9. The van der Waals surface area contributed by atoms with Crippen molar-refractivity contribution in [2.24, 2.45) is 5.92 Å². The minimum atomic E-state index is 0.424. The molecule has 1 aromatic rings. The zero-order valence-corrected chi connectivity index (χ0v) is 10.8. The number of rotatable bonds is 3. The van der Waals surface area contributed by atoms with Crippen molar-refractivity contribution in [3.05, 3.63) is 34.9 Å². The van der Waals surface area contributed by atoms with Crippen LogP contribution >= 0.6 is 11.6 Å². The van der Waals surface area contributed by atoms with Gasteiger partial charge in [0.1, 0.15) is 0 Å². The molecule has 1 fully saturated rings. The molecule has 0 radical (unpaired) electrons. The van der Waals surface area contributed by atoms with Crippen LogP contribution in [0.2, 0.25) is 5.02 Å². The lowest BCUT2D eigenvalue weighted by molar-refractivity contribution is 0.449. The molecule has 1 aliphatic carbocycles. The van der Waals surface area contributed by atoms with Gasteiger partial charge in [-0.1, -0.05) is 30.7 Å². The highest BCUT2D eigenvalue weighted by Crippen LogP contribution is 2.27. The van der Waals surface area contributed by atoms with E-state index in [0.717, 1.165) is 10.9 Å². The van der Waals surface area contributed by atoms with Crippen molar-refractivity contribution in [3.63, 3.8) is 0 Å². The number of nitrogens with one attached hydrogen (secondary N) is 1. The lowest BCUT2D eigenvalue weighted by atomic mass is 10.1. The van der Waals surface area contributed by atoms with Crippen LogP contribution in [0.1, 0.15) is 44.7 Å². The van der Waals surface area contributed by atoms with Gasteiger partial charge >= 0.3 is 0 Å². The monoisotopic (exact) mass is 237 g/mol. The second-order valence-corrected chi connectivity index (χ2v) is 5.49. The van der Waals surface area contributed by atoms with Gasteiger partial charge in [0.2, 0.25) is 0 Å². The Morgan fingerprint density at radius 2 is 1.94 bits per heavy atom. The first-order valence-corrected chi connectivity index (χ1v) is 6.54. The second-order valence-electron chi connectivity index (χ2n) is 5.06. The van der Waals surface area contributed by atoms with Gasteiger partial charge in [-0.2, -0.15) is 0 Å². The highest BCUT2D eigenvalue weighted by atomic mass is 35.5. The molecule has 88 valence electrons. The Morgan fingerprint density at radius 1 is 1.25 bits per heavy atom. The smallest absolute Gasteiger partial charge is 0.0406 e. The van der Waals surface area contributed by atoms with Crippen LogP contribution in [0.3, 0.4) is 0 Å². The van der Waals surface area contributed by atoms with Gasteiger partial charge in [0, 0.05) is 17.1 Å². The van der Waals surface area contributed by atoms with Crippen LogP contribution in [-0.2, 0) is 0 Å². The van der Waals surface area contributed by atoms with E-state index in [4.69, 9.17) is 11.6 Å². The summed E-state index contributed by atoms with van der Waals surface area (Å²) in [7, 11) is 0. The third-order valence-corrected chi connectivity index (χ3v) is 3.80. The van der Waals surface area contributed by atoms with E-state index in [1.165, 1.54) is 24.8 Å². The van der Waals surface area contributed by atoms with Crippen molar-refractivity contribution < 1.29 is 0 Å². The van der Waals surface area contributed by atoms with Crippen LogP contribution < -0.4 is 5.32 Å². The van der Waals surface area contributed by atoms with Crippen LogP contribution in [0.25, 0.3) is 0 Å². The minimum Gasteiger partial charge on any atom is -0.307 e. The number of benzene rings is 1. The van der Waals surface area contributed by atoms with Gasteiger partial charge in [0.15, 0.2) is 0 Å². The van der Waals surface area contributed by atoms with Crippen LogP contribution in [0.15, 0.2) is 24.3 Å². The minimum absolute atomic E-state index is 0.424. The zero-order valence-electron chi connectivity index (χ0n) is 10.0. The van der Waals surface area contributed by atoms with E-state index in [0.29, 0.717) is 12.1 Å². The molecule has 1 saturated carbocycles. The van der Waals surface area contributed by atoms with Gasteiger partial charge in [-0.3, -0.25) is 0 Å². The van der Waals surface area contributed by atoms with E-state index in [9.17, 15) is 0 Å². The second kappa shape index (κ2) is 5.20. The summed E-state index contributed by atoms with van der Waals surface area (Å²) in [6, 6.07) is 9.27. The van der Waals surface area contributed by atoms with E-state index >= 15 is 0 Å². The van der Waals surface area contributed by atoms with Gasteiger partial charge in [-0.25, -0.2) is 0 Å². The standard InChI is InChI=1S/C14H20ClN/c1-10-3-8-14(9-10)16-11(2)12-4-6-13(15)7-5-12/h4-7,10-11,14,16H,3,8-9H2,1-2H3. The molecule has 0 aromatic heterocycles. The highest BCUT2D eigenvalue weighted by molar-refractivity contribution is 6.30. The summed E-state index contributed by atoms with van der Waals surface area (Å²) in [6.07, 6.45) is 4.00. The van der Waals surface area contributed by atoms with E-state index in [-0.39, 0.29) is 0 Å². The number of hydrogen-bond donors (Lipinski definition) is 1. The molecule has 1 aromatic carbocycles. The maximum atomic E-state index is 5.89. The zero-order chi connectivity index (χ0) is 11.5. The average molecular weight is 238 g/mol. The van der Waals surface area contributed by atoms with E-state index in [2.05, 4.69) is 31.3 Å². The maximum Gasteiger partial charge on any atom is 0.0406 e. The molecule has 1 N–H and O–H groups in total. The molecule has 0 aliphatic heterocycles. The average Bonchev–Trinajstić information content (AvgIpc) is 2.65. The summed E-state index contributed by atoms with van der Waals surface area (Å²) < 4.78 is 0. The summed E-state index contributed by atoms with van der Waals surface area (Å²) in [4.78, 5) is 0. The van der Waals surface area contributed by atoms with Crippen LogP contribution in [0.5, 0.6) is 0 Å². The van der Waals surface area contributed by atoms with Gasteiger partial charge in [-0.05, 0) is 49.8 Å². The molecular weight excluding hydrogens is 218 g/mol. The fraction of sp³-hybridized carbons (Fsp3) is 0.571. The first-order valence-electron chi connectivity index (χ1n) is 6.16. The van der Waals surface area contributed by atoms with Crippen molar-refractivity contribution in [1.29, 1.82) is 0 Å². The summed E-state index contributed by atoms with van der Waals surface area (Å²) in [5.41, 5.74) is 1.32. The Balaban J connectivity index is 1.92. The van der Waals surface area contributed by atoms with Crippen molar-refractivity contribution in [3.8, 4) is 0 Å². The molecule has 1 nitrogen and oxygen atoms in total. The maximum absolute atomic E-state index is 5.89. The molecule has 0 spiro atoms. The predicted molar refractivity (Wildman–Crippen MR) is 69.8 cm³/mol. The Hall–Kier alpha value is -0.530. The number of halogens is 1. The summed E-state index contributed by atoms with van der Waals surface area (Å²) in [5.74, 6) is 0.884. The molecule has 0 heterocycles. The molecule has 2 rings (SSSR count). The summed E-state index contributed by atoms with van der Waals surface area (Å²) in [5, 5.41) is 4.51. The van der Waals surface area contributed by atoms with Crippen LogP contribution in [0, 0.1) is 5.92 Å². The lowest BCUT2D eigenvalue weighted by Crippen LogP contribution is -2.29. The van der Waals surface area contributed by atoms with Crippen molar-refractivity contribution in [1.82, 2.24) is 5.32 Å². The molecule has 0 amide bonds. The third kappa shape index (κ3) is 2.99. The lowest BCUT2D eigenvalue weighted by Gasteiger charge is -2.19. The molecule has 1 aliphatic rings. The molecule has 16 heavy (non-hydrogen) atoms. The molecule has 0 saturated heterocycles. The molecule has 2 heteroatoms. The van der Waals surface area contributed by atoms with Crippen molar-refractivity contribution in [2.75, 3.05) is 0 Å². The molecule has 3 atom stereocenters. The largest absolute Gasteiger partial charge is 0.307 e. The van der Waals surface area contributed by atoms with E-state index in [1.54, 1.807) is 0 Å². The molecule has 0 bridgehead atoms. The first-order chi connectivity index (χ1) is 7.65. The quantitative estimate of drug-likeness (QED) is 0.832. The Bertz CT molecular complexity index is 333.